The van der Waals surface area contributed by atoms with Crippen molar-refractivity contribution in [3.63, 3.8) is 0 Å². The zero-order chi connectivity index (χ0) is 9.14. The van der Waals surface area contributed by atoms with E-state index in [-0.39, 0.29) is 5.84 Å². The van der Waals surface area contributed by atoms with Gasteiger partial charge >= 0.3 is 0 Å². The van der Waals surface area contributed by atoms with Crippen LogP contribution in [0.25, 0.3) is 0 Å². The van der Waals surface area contributed by atoms with Crippen LogP contribution in [0, 0.1) is 6.92 Å². The number of hydrogen-bond donors (Lipinski definition) is 2. The van der Waals surface area contributed by atoms with Crippen LogP contribution in [0.15, 0.2) is 17.3 Å². The summed E-state index contributed by atoms with van der Waals surface area (Å²) in [6.45, 7) is 1.78. The molecule has 0 aliphatic heterocycles. The van der Waals surface area contributed by atoms with E-state index in [4.69, 9.17) is 22.5 Å². The van der Waals surface area contributed by atoms with Gasteiger partial charge in [0.05, 0.1) is 0 Å². The lowest BCUT2D eigenvalue weighted by Gasteiger charge is -1.99. The van der Waals surface area contributed by atoms with Crippen LogP contribution in [-0.4, -0.2) is 16.0 Å². The highest BCUT2D eigenvalue weighted by atomic mass is 35.5. The molecule has 1 aromatic rings. The van der Waals surface area contributed by atoms with E-state index in [2.05, 4.69) is 10.1 Å². The minimum absolute atomic E-state index is 0.0300. The zero-order valence-corrected chi connectivity index (χ0v) is 7.21. The Morgan fingerprint density at radius 2 is 2.33 bits per heavy atom. The third-order valence-corrected chi connectivity index (χ3v) is 1.52. The first kappa shape index (κ1) is 8.80. The molecule has 0 radical (unpaired) electrons. The summed E-state index contributed by atoms with van der Waals surface area (Å²) >= 11 is 5.65. The Balaban J connectivity index is 3.17. The van der Waals surface area contributed by atoms with Gasteiger partial charge in [-0.1, -0.05) is 16.8 Å². The minimum Gasteiger partial charge on any atom is -0.409 e. The molecule has 1 aromatic heterocycles. The smallest absolute Gasteiger partial charge is 0.170 e. The van der Waals surface area contributed by atoms with Crippen LogP contribution in [0.3, 0.4) is 0 Å². The SMILES string of the molecule is Cc1cc(/C(N)=N\O)cc(Cl)n1. The number of nitrogens with zero attached hydrogens (tertiary/aromatic N) is 2. The van der Waals surface area contributed by atoms with Gasteiger partial charge in [-0.2, -0.15) is 0 Å². The molecule has 0 bridgehead atoms. The predicted octanol–water partition coefficient (Wildman–Crippen LogP) is 1.14. The lowest BCUT2D eigenvalue weighted by atomic mass is 10.2. The topological polar surface area (TPSA) is 71.5 Å². The van der Waals surface area contributed by atoms with Gasteiger partial charge in [-0.3, -0.25) is 0 Å². The molecule has 0 aromatic carbocycles. The van der Waals surface area contributed by atoms with Crippen molar-refractivity contribution < 1.29 is 5.21 Å². The average Bonchev–Trinajstić information content (AvgIpc) is 2.01. The molecule has 0 atom stereocenters. The van der Waals surface area contributed by atoms with Crippen LogP contribution in [0.2, 0.25) is 5.15 Å². The number of oxime groups is 1. The second-order valence-electron chi connectivity index (χ2n) is 2.31. The maximum absolute atomic E-state index is 8.37. The van der Waals surface area contributed by atoms with E-state index in [1.54, 1.807) is 13.0 Å². The van der Waals surface area contributed by atoms with Gasteiger partial charge in [-0.25, -0.2) is 4.98 Å². The molecule has 0 fully saturated rings. The molecule has 0 spiro atoms. The molecule has 0 saturated carbocycles. The molecule has 12 heavy (non-hydrogen) atoms. The van der Waals surface area contributed by atoms with Crippen LogP contribution < -0.4 is 5.73 Å². The largest absolute Gasteiger partial charge is 0.409 e. The molecular formula is C7H8ClN3O. The Bertz CT molecular complexity index is 304. The standard InChI is InChI=1S/C7H8ClN3O/c1-4-2-5(7(9)11-12)3-6(8)10-4/h2-3,12H,1H3,(H2,9,11). The second-order valence-corrected chi connectivity index (χ2v) is 2.69. The molecule has 0 amide bonds. The van der Waals surface area contributed by atoms with Gasteiger partial charge in [-0.15, -0.1) is 0 Å². The van der Waals surface area contributed by atoms with Crippen molar-refractivity contribution in [2.75, 3.05) is 0 Å². The van der Waals surface area contributed by atoms with Gasteiger partial charge in [0, 0.05) is 11.3 Å². The Labute approximate surface area is 74.7 Å². The molecule has 1 rings (SSSR count). The van der Waals surface area contributed by atoms with Crippen molar-refractivity contribution in [1.82, 2.24) is 4.98 Å². The highest BCUT2D eigenvalue weighted by Gasteiger charge is 2.01. The van der Waals surface area contributed by atoms with Crippen molar-refractivity contribution in [3.05, 3.63) is 28.5 Å². The molecule has 1 heterocycles. The average molecular weight is 186 g/mol. The van der Waals surface area contributed by atoms with Gasteiger partial charge in [-0.05, 0) is 19.1 Å². The van der Waals surface area contributed by atoms with E-state index in [1.807, 2.05) is 0 Å². The maximum Gasteiger partial charge on any atom is 0.170 e. The highest BCUT2D eigenvalue weighted by molar-refractivity contribution is 6.29. The number of pyridine rings is 1. The molecule has 64 valence electrons. The molecule has 0 aliphatic carbocycles. The third-order valence-electron chi connectivity index (χ3n) is 1.33. The van der Waals surface area contributed by atoms with E-state index in [9.17, 15) is 0 Å². The second kappa shape index (κ2) is 3.40. The molecule has 4 nitrogen and oxygen atoms in total. The van der Waals surface area contributed by atoms with Crippen LogP contribution in [-0.2, 0) is 0 Å². The Kier molecular flexibility index (Phi) is 2.50. The van der Waals surface area contributed by atoms with Crippen molar-refractivity contribution >= 4 is 17.4 Å². The Hall–Kier alpha value is -1.29. The van der Waals surface area contributed by atoms with Crippen molar-refractivity contribution in [2.45, 2.75) is 6.92 Å². The third kappa shape index (κ3) is 1.85. The van der Waals surface area contributed by atoms with Gasteiger partial charge < -0.3 is 10.9 Å². The van der Waals surface area contributed by atoms with Crippen molar-refractivity contribution in [2.24, 2.45) is 10.9 Å². The summed E-state index contributed by atoms with van der Waals surface area (Å²) in [6.07, 6.45) is 0. The number of rotatable bonds is 1. The fourth-order valence-corrected chi connectivity index (χ4v) is 1.08. The van der Waals surface area contributed by atoms with E-state index in [1.165, 1.54) is 6.07 Å². The minimum atomic E-state index is 0.0300. The number of amidine groups is 1. The Morgan fingerprint density at radius 3 is 2.83 bits per heavy atom. The first-order valence-electron chi connectivity index (χ1n) is 3.25. The van der Waals surface area contributed by atoms with Gasteiger partial charge in [0.15, 0.2) is 5.84 Å². The summed E-state index contributed by atoms with van der Waals surface area (Å²) in [5, 5.41) is 11.5. The first-order chi connectivity index (χ1) is 5.63. The molecule has 5 heteroatoms. The molecule has 3 N–H and O–H groups in total. The van der Waals surface area contributed by atoms with Crippen LogP contribution >= 0.6 is 11.6 Å². The monoisotopic (exact) mass is 185 g/mol. The Morgan fingerprint density at radius 1 is 1.67 bits per heavy atom. The number of nitrogens with two attached hydrogens (primary N) is 1. The van der Waals surface area contributed by atoms with Gasteiger partial charge in [0.1, 0.15) is 5.15 Å². The summed E-state index contributed by atoms with van der Waals surface area (Å²) in [6, 6.07) is 3.21. The number of hydrogen-bond acceptors (Lipinski definition) is 3. The van der Waals surface area contributed by atoms with Crippen LogP contribution in [0.4, 0.5) is 0 Å². The summed E-state index contributed by atoms with van der Waals surface area (Å²) < 4.78 is 0. The van der Waals surface area contributed by atoms with E-state index in [0.717, 1.165) is 5.69 Å². The zero-order valence-electron chi connectivity index (χ0n) is 6.45. The summed E-state index contributed by atoms with van der Waals surface area (Å²) in [7, 11) is 0. The summed E-state index contributed by atoms with van der Waals surface area (Å²) in [4.78, 5) is 3.92. The van der Waals surface area contributed by atoms with Crippen molar-refractivity contribution in [3.8, 4) is 0 Å². The molecule has 0 saturated heterocycles. The quantitative estimate of drug-likeness (QED) is 0.227. The lowest BCUT2D eigenvalue weighted by molar-refractivity contribution is 0.318. The fourth-order valence-electron chi connectivity index (χ4n) is 0.834. The van der Waals surface area contributed by atoms with Crippen LogP contribution in [0.5, 0.6) is 0 Å². The van der Waals surface area contributed by atoms with E-state index < -0.39 is 0 Å². The maximum atomic E-state index is 8.37. The van der Waals surface area contributed by atoms with E-state index in [0.29, 0.717) is 10.7 Å². The first-order valence-corrected chi connectivity index (χ1v) is 3.63. The number of aromatic nitrogens is 1. The van der Waals surface area contributed by atoms with E-state index >= 15 is 0 Å². The number of aryl methyl sites for hydroxylation is 1. The van der Waals surface area contributed by atoms with Gasteiger partial charge in [0.25, 0.3) is 0 Å². The number of halogens is 1. The molecular weight excluding hydrogens is 178 g/mol. The fraction of sp³-hybridized carbons (Fsp3) is 0.143. The normalized spacial score (nSPS) is 11.7. The summed E-state index contributed by atoms with van der Waals surface area (Å²) in [5.74, 6) is 0.0300. The predicted molar refractivity (Wildman–Crippen MR) is 46.5 cm³/mol. The highest BCUT2D eigenvalue weighted by Crippen LogP contribution is 2.09. The summed E-state index contributed by atoms with van der Waals surface area (Å²) in [5.41, 5.74) is 6.64. The van der Waals surface area contributed by atoms with Gasteiger partial charge in [0.2, 0.25) is 0 Å². The van der Waals surface area contributed by atoms with Crippen LogP contribution in [0.1, 0.15) is 11.3 Å². The molecule has 0 aliphatic rings. The molecule has 0 unspecified atom stereocenters. The van der Waals surface area contributed by atoms with Crippen molar-refractivity contribution in [1.29, 1.82) is 0 Å². The lowest BCUT2D eigenvalue weighted by Crippen LogP contribution is -2.13.